The molecule has 6 rings (SSSR count). The monoisotopic (exact) mass is 547 g/mol. The summed E-state index contributed by atoms with van der Waals surface area (Å²) in [7, 11) is 0. The number of hydrogen-bond acceptors (Lipinski definition) is 7. The number of aryl methyl sites for hydroxylation is 1. The molecule has 8 heteroatoms. The molecular formula is C32H29N5O2S. The number of amidine groups is 1. The molecule has 0 aliphatic carbocycles. The van der Waals surface area contributed by atoms with Crippen molar-refractivity contribution in [3.8, 4) is 0 Å². The lowest BCUT2D eigenvalue weighted by atomic mass is 9.93. The van der Waals surface area contributed by atoms with E-state index in [0.717, 1.165) is 62.7 Å². The van der Waals surface area contributed by atoms with E-state index >= 15 is 0 Å². The summed E-state index contributed by atoms with van der Waals surface area (Å²) in [5.41, 5.74) is 10.0. The van der Waals surface area contributed by atoms with Crippen LogP contribution in [-0.2, 0) is 4.79 Å². The molecule has 0 amide bonds. The number of thiocarbonyl (C=S) groups is 1. The van der Waals surface area contributed by atoms with Gasteiger partial charge in [0, 0.05) is 28.1 Å². The SMILES string of the molecule is CC(=O)c1c(C)c(C)cc2c1C(=S)Nc1ccccc1N2.O=CCNC1=Nc2ccccc2Nc2ccccc21. The molecule has 0 aromatic heterocycles. The summed E-state index contributed by atoms with van der Waals surface area (Å²) in [6, 6.07) is 25.7. The number of para-hydroxylation sites is 5. The molecule has 2 aliphatic rings. The van der Waals surface area contributed by atoms with Crippen molar-refractivity contribution in [3.05, 3.63) is 107 Å². The molecule has 0 radical (unpaired) electrons. The van der Waals surface area contributed by atoms with Gasteiger partial charge in [0.05, 0.1) is 29.3 Å². The largest absolute Gasteiger partial charge is 0.363 e. The maximum Gasteiger partial charge on any atom is 0.160 e. The number of rotatable bonds is 3. The first-order valence-corrected chi connectivity index (χ1v) is 13.3. The van der Waals surface area contributed by atoms with Crippen molar-refractivity contribution in [3.63, 3.8) is 0 Å². The van der Waals surface area contributed by atoms with E-state index in [9.17, 15) is 9.59 Å². The van der Waals surface area contributed by atoms with Gasteiger partial charge in [-0.15, -0.1) is 0 Å². The zero-order valence-corrected chi connectivity index (χ0v) is 23.3. The Morgan fingerprint density at radius 3 is 2.15 bits per heavy atom. The zero-order chi connectivity index (χ0) is 28.2. The third-order valence-electron chi connectivity index (χ3n) is 6.81. The highest BCUT2D eigenvalue weighted by atomic mass is 32.1. The van der Waals surface area contributed by atoms with Gasteiger partial charge in [0.15, 0.2) is 5.78 Å². The Morgan fingerprint density at radius 1 is 0.850 bits per heavy atom. The van der Waals surface area contributed by atoms with Crippen LogP contribution < -0.4 is 21.3 Å². The summed E-state index contributed by atoms with van der Waals surface area (Å²) >= 11 is 5.53. The number of hydrogen-bond donors (Lipinski definition) is 4. The van der Waals surface area contributed by atoms with Gasteiger partial charge < -0.3 is 26.1 Å². The first-order chi connectivity index (χ1) is 19.4. The Kier molecular flexibility index (Phi) is 7.70. The highest BCUT2D eigenvalue weighted by molar-refractivity contribution is 7.81. The molecule has 4 aromatic carbocycles. The molecule has 2 aliphatic heterocycles. The van der Waals surface area contributed by atoms with Crippen molar-refractivity contribution in [2.24, 2.45) is 4.99 Å². The predicted molar refractivity (Wildman–Crippen MR) is 167 cm³/mol. The smallest absolute Gasteiger partial charge is 0.160 e. The second-order valence-corrected chi connectivity index (χ2v) is 9.90. The molecule has 0 fully saturated rings. The van der Waals surface area contributed by atoms with E-state index in [0.29, 0.717) is 16.4 Å². The number of carbonyl (C=O) groups is 2. The van der Waals surface area contributed by atoms with E-state index < -0.39 is 0 Å². The summed E-state index contributed by atoms with van der Waals surface area (Å²) in [4.78, 5) is 27.8. The van der Waals surface area contributed by atoms with E-state index in [4.69, 9.17) is 12.2 Å². The number of nitrogens with one attached hydrogen (secondary N) is 4. The van der Waals surface area contributed by atoms with Crippen LogP contribution in [0.2, 0.25) is 0 Å². The molecule has 7 nitrogen and oxygen atoms in total. The summed E-state index contributed by atoms with van der Waals surface area (Å²) in [6.45, 7) is 5.81. The number of nitrogens with zero attached hydrogens (tertiary/aromatic N) is 1. The lowest BCUT2D eigenvalue weighted by Gasteiger charge is -2.16. The third-order valence-corrected chi connectivity index (χ3v) is 7.12. The molecule has 4 N–H and O–H groups in total. The number of benzene rings is 4. The second kappa shape index (κ2) is 11.5. The fourth-order valence-corrected chi connectivity index (χ4v) is 5.12. The molecule has 0 spiro atoms. The Bertz CT molecular complexity index is 1680. The lowest BCUT2D eigenvalue weighted by molar-refractivity contribution is -0.106. The maximum absolute atomic E-state index is 12.1. The first-order valence-electron chi connectivity index (χ1n) is 12.9. The molecule has 2 heterocycles. The molecule has 0 saturated carbocycles. The van der Waals surface area contributed by atoms with Crippen LogP contribution in [0.4, 0.5) is 34.1 Å². The number of anilines is 5. The quantitative estimate of drug-likeness (QED) is 0.125. The van der Waals surface area contributed by atoms with Crippen LogP contribution in [0, 0.1) is 13.8 Å². The van der Waals surface area contributed by atoms with E-state index in [1.165, 1.54) is 0 Å². The van der Waals surface area contributed by atoms with Crippen LogP contribution in [0.25, 0.3) is 0 Å². The molecule has 200 valence electrons. The Labute approximate surface area is 238 Å². The Balaban J connectivity index is 0.000000162. The fraction of sp³-hybridized carbons (Fsp3) is 0.125. The van der Waals surface area contributed by atoms with Crippen LogP contribution in [0.5, 0.6) is 0 Å². The average molecular weight is 548 g/mol. The van der Waals surface area contributed by atoms with E-state index in [1.54, 1.807) is 6.92 Å². The highest BCUT2D eigenvalue weighted by Gasteiger charge is 2.24. The summed E-state index contributed by atoms with van der Waals surface area (Å²) in [6.07, 6.45) is 0.829. The van der Waals surface area contributed by atoms with Gasteiger partial charge in [-0.05, 0) is 74.4 Å². The van der Waals surface area contributed by atoms with Gasteiger partial charge in [0.2, 0.25) is 0 Å². The fourth-order valence-electron chi connectivity index (χ4n) is 4.80. The lowest BCUT2D eigenvalue weighted by Crippen LogP contribution is -2.26. The summed E-state index contributed by atoms with van der Waals surface area (Å²) in [5, 5.41) is 13.0. The highest BCUT2D eigenvalue weighted by Crippen LogP contribution is 2.36. The molecule has 0 bridgehead atoms. The van der Waals surface area contributed by atoms with E-state index in [-0.39, 0.29) is 12.3 Å². The Morgan fingerprint density at radius 2 is 1.45 bits per heavy atom. The number of fused-ring (bicyclic) bond motifs is 4. The van der Waals surface area contributed by atoms with Crippen molar-refractivity contribution in [2.75, 3.05) is 22.5 Å². The second-order valence-electron chi connectivity index (χ2n) is 9.49. The zero-order valence-electron chi connectivity index (χ0n) is 22.5. The minimum atomic E-state index is 0.0318. The van der Waals surface area contributed by atoms with Crippen LogP contribution in [-0.4, -0.2) is 29.4 Å². The van der Waals surface area contributed by atoms with Crippen LogP contribution in [0.3, 0.4) is 0 Å². The third kappa shape index (κ3) is 5.34. The normalized spacial score (nSPS) is 12.5. The average Bonchev–Trinajstić information content (AvgIpc) is 3.19. The van der Waals surface area contributed by atoms with Crippen molar-refractivity contribution in [1.82, 2.24) is 5.32 Å². The molecule has 0 unspecified atom stereocenters. The topological polar surface area (TPSA) is 94.6 Å². The van der Waals surface area contributed by atoms with Gasteiger partial charge in [0.1, 0.15) is 17.1 Å². The Hall–Kier alpha value is -4.82. The van der Waals surface area contributed by atoms with Gasteiger partial charge in [-0.1, -0.05) is 48.6 Å². The molecule has 0 saturated heterocycles. The van der Waals surface area contributed by atoms with Crippen molar-refractivity contribution < 1.29 is 9.59 Å². The minimum Gasteiger partial charge on any atom is -0.363 e. The summed E-state index contributed by atoms with van der Waals surface area (Å²) in [5.74, 6) is 0.740. The van der Waals surface area contributed by atoms with Crippen LogP contribution in [0.15, 0.2) is 83.9 Å². The van der Waals surface area contributed by atoms with Crippen molar-refractivity contribution in [1.29, 1.82) is 0 Å². The standard InChI is InChI=1S/C17H16N2OS.C15H13N3O/c1-9-8-14-16(15(10(9)2)11(3)20)17(21)19-13-7-5-4-6-12(13)18-14;19-10-9-16-15-11-5-1-2-6-12(11)17-13-7-3-4-8-14(13)18-15/h4-8,18H,1-3H3,(H,19,21);1-8,10,17H,9H2,(H,16,18). The van der Waals surface area contributed by atoms with Gasteiger partial charge >= 0.3 is 0 Å². The number of ketones is 1. The number of aldehydes is 1. The minimum absolute atomic E-state index is 0.0318. The summed E-state index contributed by atoms with van der Waals surface area (Å²) < 4.78 is 0. The first kappa shape index (κ1) is 26.8. The van der Waals surface area contributed by atoms with Gasteiger partial charge in [0.25, 0.3) is 0 Å². The van der Waals surface area contributed by atoms with Gasteiger partial charge in [-0.2, -0.15) is 0 Å². The predicted octanol–water partition coefficient (Wildman–Crippen LogP) is 6.96. The molecule has 40 heavy (non-hydrogen) atoms. The van der Waals surface area contributed by atoms with Crippen molar-refractivity contribution >= 4 is 69.2 Å². The van der Waals surface area contributed by atoms with E-state index in [1.807, 2.05) is 92.7 Å². The number of Topliss-reactive ketones (excluding diaryl/α,β-unsaturated/α-hetero) is 1. The van der Waals surface area contributed by atoms with Gasteiger partial charge in [-0.25, -0.2) is 4.99 Å². The molecule has 4 aromatic rings. The van der Waals surface area contributed by atoms with Crippen LogP contribution in [0.1, 0.15) is 39.5 Å². The van der Waals surface area contributed by atoms with Gasteiger partial charge in [-0.3, -0.25) is 4.79 Å². The van der Waals surface area contributed by atoms with Crippen LogP contribution >= 0.6 is 12.2 Å². The molecule has 0 atom stereocenters. The van der Waals surface area contributed by atoms with E-state index in [2.05, 4.69) is 26.3 Å². The number of carbonyl (C=O) groups excluding carboxylic acids is 2. The maximum atomic E-state index is 12.1. The molecular weight excluding hydrogens is 518 g/mol. The number of aliphatic imine (C=N–C) groups is 1. The van der Waals surface area contributed by atoms with Crippen molar-refractivity contribution in [2.45, 2.75) is 20.8 Å².